The largest absolute Gasteiger partial charge is 0.484 e. The highest BCUT2D eigenvalue weighted by Gasteiger charge is 2.13. The van der Waals surface area contributed by atoms with Crippen LogP contribution in [0.4, 0.5) is 5.69 Å². The quantitative estimate of drug-likeness (QED) is 0.750. The Hall–Kier alpha value is -1.56. The van der Waals surface area contributed by atoms with Crippen molar-refractivity contribution >= 4 is 34.2 Å². The zero-order valence-corrected chi connectivity index (χ0v) is 15.2. The number of anilines is 1. The average Bonchev–Trinajstić information content (AvgIpc) is 2.45. The minimum Gasteiger partial charge on any atom is -0.484 e. The summed E-state index contributed by atoms with van der Waals surface area (Å²) in [6.07, 6.45) is 0. The molecule has 0 aliphatic carbocycles. The number of amides is 1. The predicted molar refractivity (Wildman–Crippen MR) is 98.4 cm³/mol. The minimum atomic E-state index is -0.164. The van der Waals surface area contributed by atoms with Crippen LogP contribution >= 0.6 is 22.6 Å². The highest BCUT2D eigenvalue weighted by Crippen LogP contribution is 2.23. The molecule has 116 valence electrons. The van der Waals surface area contributed by atoms with Gasteiger partial charge in [-0.05, 0) is 63.9 Å². The summed E-state index contributed by atoms with van der Waals surface area (Å²) in [5, 5.41) is 2.84. The summed E-state index contributed by atoms with van der Waals surface area (Å²) in [5.41, 5.74) is 2.13. The first-order valence-electron chi connectivity index (χ1n) is 7.13. The Morgan fingerprint density at radius 2 is 1.82 bits per heavy atom. The normalized spacial score (nSPS) is 11.1. The molecule has 0 fully saturated rings. The van der Waals surface area contributed by atoms with Gasteiger partial charge in [-0.3, -0.25) is 4.79 Å². The molecule has 0 saturated carbocycles. The summed E-state index contributed by atoms with van der Waals surface area (Å²) in [4.78, 5) is 11.9. The molecule has 0 bridgehead atoms. The predicted octanol–water partition coefficient (Wildman–Crippen LogP) is 4.61. The second-order valence-corrected chi connectivity index (χ2v) is 7.37. The monoisotopic (exact) mass is 409 g/mol. The summed E-state index contributed by atoms with van der Waals surface area (Å²) in [6.45, 7) is 6.49. The van der Waals surface area contributed by atoms with Gasteiger partial charge < -0.3 is 10.1 Å². The van der Waals surface area contributed by atoms with Crippen molar-refractivity contribution in [3.63, 3.8) is 0 Å². The van der Waals surface area contributed by atoms with Crippen molar-refractivity contribution in [1.29, 1.82) is 0 Å². The van der Waals surface area contributed by atoms with Gasteiger partial charge in [0.05, 0.1) is 0 Å². The molecule has 0 radical (unpaired) electrons. The van der Waals surface area contributed by atoms with E-state index in [4.69, 9.17) is 4.74 Å². The fraction of sp³-hybridized carbons (Fsp3) is 0.278. The number of nitrogens with one attached hydrogen (secondary N) is 1. The molecule has 0 aliphatic heterocycles. The third-order valence-electron chi connectivity index (χ3n) is 3.20. The van der Waals surface area contributed by atoms with Crippen LogP contribution in [0, 0.1) is 3.57 Å². The van der Waals surface area contributed by atoms with Crippen molar-refractivity contribution in [2.75, 3.05) is 11.9 Å². The molecule has 0 spiro atoms. The summed E-state index contributed by atoms with van der Waals surface area (Å²) >= 11 is 2.21. The van der Waals surface area contributed by atoms with Crippen molar-refractivity contribution < 1.29 is 9.53 Å². The number of carbonyl (C=O) groups is 1. The Morgan fingerprint density at radius 3 is 2.41 bits per heavy atom. The van der Waals surface area contributed by atoms with Gasteiger partial charge in [0.15, 0.2) is 6.61 Å². The lowest BCUT2D eigenvalue weighted by molar-refractivity contribution is -0.118. The van der Waals surface area contributed by atoms with Gasteiger partial charge >= 0.3 is 0 Å². The van der Waals surface area contributed by atoms with E-state index < -0.39 is 0 Å². The summed E-state index contributed by atoms with van der Waals surface area (Å²) < 4.78 is 6.56. The summed E-state index contributed by atoms with van der Waals surface area (Å²) in [7, 11) is 0. The van der Waals surface area contributed by atoms with Gasteiger partial charge in [-0.1, -0.05) is 39.0 Å². The van der Waals surface area contributed by atoms with Crippen LogP contribution in [0.3, 0.4) is 0 Å². The maximum absolute atomic E-state index is 11.9. The Kier molecular flexibility index (Phi) is 5.45. The molecule has 0 heterocycles. The Morgan fingerprint density at radius 1 is 1.14 bits per heavy atom. The van der Waals surface area contributed by atoms with Crippen molar-refractivity contribution in [1.82, 2.24) is 0 Å². The third-order valence-corrected chi connectivity index (χ3v) is 3.87. The summed E-state index contributed by atoms with van der Waals surface area (Å²) in [6, 6.07) is 15.5. The summed E-state index contributed by atoms with van der Waals surface area (Å²) in [5.74, 6) is 0.535. The van der Waals surface area contributed by atoms with Crippen LogP contribution in [0.5, 0.6) is 5.75 Å². The molecule has 1 N–H and O–H groups in total. The molecule has 22 heavy (non-hydrogen) atoms. The lowest BCUT2D eigenvalue weighted by Crippen LogP contribution is -2.20. The SMILES string of the molecule is CC(C)(C)c1ccc(NC(=O)COc2cccc(I)c2)cc1. The van der Waals surface area contributed by atoms with E-state index in [1.165, 1.54) is 5.56 Å². The molecule has 0 unspecified atom stereocenters. The second-order valence-electron chi connectivity index (χ2n) is 6.12. The third kappa shape index (κ3) is 5.02. The highest BCUT2D eigenvalue weighted by molar-refractivity contribution is 14.1. The molecule has 0 saturated heterocycles. The molecule has 1 amide bonds. The number of halogens is 1. The van der Waals surface area contributed by atoms with Crippen molar-refractivity contribution in [2.24, 2.45) is 0 Å². The fourth-order valence-corrected chi connectivity index (χ4v) is 2.47. The number of rotatable bonds is 4. The highest BCUT2D eigenvalue weighted by atomic mass is 127. The Labute approximate surface area is 145 Å². The van der Waals surface area contributed by atoms with Crippen molar-refractivity contribution in [3.05, 3.63) is 57.7 Å². The topological polar surface area (TPSA) is 38.3 Å². The van der Waals surface area contributed by atoms with E-state index in [9.17, 15) is 4.79 Å². The van der Waals surface area contributed by atoms with Crippen LogP contribution in [0.25, 0.3) is 0 Å². The smallest absolute Gasteiger partial charge is 0.262 e. The van der Waals surface area contributed by atoms with Gasteiger partial charge in [0.1, 0.15) is 5.75 Å². The molecular weight excluding hydrogens is 389 g/mol. The van der Waals surface area contributed by atoms with Crippen LogP contribution in [-0.4, -0.2) is 12.5 Å². The number of ether oxygens (including phenoxy) is 1. The van der Waals surface area contributed by atoms with E-state index >= 15 is 0 Å². The van der Waals surface area contributed by atoms with Crippen LogP contribution in [-0.2, 0) is 10.2 Å². The van der Waals surface area contributed by atoms with E-state index in [1.807, 2.05) is 48.5 Å². The minimum absolute atomic E-state index is 0.00111. The standard InChI is InChI=1S/C18H20INO2/c1-18(2,3)13-7-9-15(10-8-13)20-17(21)12-22-16-6-4-5-14(19)11-16/h4-11H,12H2,1-3H3,(H,20,21). The number of carbonyl (C=O) groups excluding carboxylic acids is 1. The van der Waals surface area contributed by atoms with E-state index in [-0.39, 0.29) is 17.9 Å². The Bertz CT molecular complexity index is 645. The zero-order valence-electron chi connectivity index (χ0n) is 13.0. The maximum Gasteiger partial charge on any atom is 0.262 e. The van der Waals surface area contributed by atoms with Crippen molar-refractivity contribution in [3.8, 4) is 5.75 Å². The van der Waals surface area contributed by atoms with Gasteiger partial charge in [0.2, 0.25) is 0 Å². The lowest BCUT2D eigenvalue weighted by atomic mass is 9.87. The molecule has 2 aromatic rings. The van der Waals surface area contributed by atoms with Crippen LogP contribution < -0.4 is 10.1 Å². The first kappa shape index (κ1) is 16.8. The van der Waals surface area contributed by atoms with E-state index in [2.05, 4.69) is 48.7 Å². The molecule has 2 aromatic carbocycles. The van der Waals surface area contributed by atoms with E-state index in [1.54, 1.807) is 0 Å². The second kappa shape index (κ2) is 7.13. The Balaban J connectivity index is 1.89. The molecule has 0 aliphatic rings. The van der Waals surface area contributed by atoms with Gasteiger partial charge in [-0.25, -0.2) is 0 Å². The van der Waals surface area contributed by atoms with Crippen LogP contribution in [0.15, 0.2) is 48.5 Å². The molecule has 2 rings (SSSR count). The lowest BCUT2D eigenvalue weighted by Gasteiger charge is -2.19. The van der Waals surface area contributed by atoms with Crippen LogP contribution in [0.2, 0.25) is 0 Å². The van der Waals surface area contributed by atoms with E-state index in [0.29, 0.717) is 5.75 Å². The number of hydrogen-bond donors (Lipinski definition) is 1. The molecule has 0 aromatic heterocycles. The molecular formula is C18H20INO2. The van der Waals surface area contributed by atoms with E-state index in [0.717, 1.165) is 9.26 Å². The number of benzene rings is 2. The van der Waals surface area contributed by atoms with Gasteiger partial charge in [-0.2, -0.15) is 0 Å². The molecule has 3 nitrogen and oxygen atoms in total. The first-order valence-corrected chi connectivity index (χ1v) is 8.21. The number of hydrogen-bond acceptors (Lipinski definition) is 2. The van der Waals surface area contributed by atoms with Gasteiger partial charge in [0, 0.05) is 9.26 Å². The van der Waals surface area contributed by atoms with Gasteiger partial charge in [-0.15, -0.1) is 0 Å². The zero-order chi connectivity index (χ0) is 16.2. The van der Waals surface area contributed by atoms with Crippen LogP contribution in [0.1, 0.15) is 26.3 Å². The average molecular weight is 409 g/mol. The molecule has 0 atom stereocenters. The fourth-order valence-electron chi connectivity index (χ4n) is 1.96. The maximum atomic E-state index is 11.9. The van der Waals surface area contributed by atoms with Gasteiger partial charge in [0.25, 0.3) is 5.91 Å². The molecule has 4 heteroatoms. The first-order chi connectivity index (χ1) is 10.3. The van der Waals surface area contributed by atoms with Crippen molar-refractivity contribution in [2.45, 2.75) is 26.2 Å².